The smallest absolute Gasteiger partial charge is 0.208 e. The average molecular weight is 281 g/mol. The Morgan fingerprint density at radius 1 is 1.22 bits per heavy atom. The van der Waals surface area contributed by atoms with Crippen LogP contribution in [0.5, 0.6) is 0 Å². The van der Waals surface area contributed by atoms with E-state index in [1.807, 2.05) is 0 Å². The zero-order chi connectivity index (χ0) is 14.0. The molecular formula is C11H14F3NO2S. The largest absolute Gasteiger partial charge is 0.416 e. The molecule has 0 bridgehead atoms. The molecular weight excluding hydrogens is 267 g/mol. The molecule has 0 saturated carbocycles. The van der Waals surface area contributed by atoms with E-state index >= 15 is 0 Å². The van der Waals surface area contributed by atoms with Gasteiger partial charge in [0.1, 0.15) is 0 Å². The van der Waals surface area contributed by atoms with Crippen molar-refractivity contribution in [1.29, 1.82) is 0 Å². The summed E-state index contributed by atoms with van der Waals surface area (Å²) < 4.78 is 62.9. The van der Waals surface area contributed by atoms with Crippen molar-refractivity contribution in [3.05, 3.63) is 29.8 Å². The van der Waals surface area contributed by atoms with E-state index in [-0.39, 0.29) is 10.9 Å². The first-order valence-corrected chi connectivity index (χ1v) is 6.84. The minimum atomic E-state index is -4.47. The van der Waals surface area contributed by atoms with E-state index in [0.29, 0.717) is 6.42 Å². The van der Waals surface area contributed by atoms with Crippen molar-refractivity contribution in [3.8, 4) is 0 Å². The van der Waals surface area contributed by atoms with Crippen LogP contribution in [-0.2, 0) is 16.2 Å². The van der Waals surface area contributed by atoms with Crippen LogP contribution in [0.2, 0.25) is 0 Å². The molecule has 0 aliphatic rings. The van der Waals surface area contributed by atoms with Crippen molar-refractivity contribution in [3.63, 3.8) is 0 Å². The summed E-state index contributed by atoms with van der Waals surface area (Å²) >= 11 is 0. The predicted molar refractivity (Wildman–Crippen MR) is 61.5 cm³/mol. The summed E-state index contributed by atoms with van der Waals surface area (Å²) in [6.07, 6.45) is -3.87. The van der Waals surface area contributed by atoms with E-state index in [1.54, 1.807) is 13.8 Å². The van der Waals surface area contributed by atoms with Gasteiger partial charge in [-0.05, 0) is 37.6 Å². The molecule has 1 N–H and O–H groups in total. The first kappa shape index (κ1) is 15.0. The van der Waals surface area contributed by atoms with E-state index in [2.05, 4.69) is 4.72 Å². The van der Waals surface area contributed by atoms with Crippen molar-refractivity contribution in [2.24, 2.45) is 0 Å². The summed E-state index contributed by atoms with van der Waals surface area (Å²) in [7, 11) is -3.75. The molecule has 0 amide bonds. The maximum atomic E-state index is 12.3. The highest BCUT2D eigenvalue weighted by Crippen LogP contribution is 2.29. The zero-order valence-electron chi connectivity index (χ0n) is 9.95. The van der Waals surface area contributed by atoms with Crippen LogP contribution in [0.25, 0.3) is 0 Å². The highest BCUT2D eigenvalue weighted by atomic mass is 32.2. The fourth-order valence-electron chi connectivity index (χ4n) is 1.24. The SMILES string of the molecule is CCC(C)NS(=O)(=O)c1ccc(C(F)(F)F)cc1. The van der Waals surface area contributed by atoms with E-state index < -0.39 is 21.8 Å². The van der Waals surface area contributed by atoms with Gasteiger partial charge in [-0.3, -0.25) is 0 Å². The maximum Gasteiger partial charge on any atom is 0.416 e. The fourth-order valence-corrected chi connectivity index (χ4v) is 2.57. The molecule has 1 aromatic carbocycles. The van der Waals surface area contributed by atoms with Gasteiger partial charge in [0.2, 0.25) is 10.0 Å². The summed E-state index contributed by atoms with van der Waals surface area (Å²) in [5.74, 6) is 0. The van der Waals surface area contributed by atoms with Gasteiger partial charge in [0.15, 0.2) is 0 Å². The second kappa shape index (κ2) is 5.27. The minimum Gasteiger partial charge on any atom is -0.208 e. The molecule has 0 heterocycles. The Hall–Kier alpha value is -1.08. The van der Waals surface area contributed by atoms with Crippen LogP contribution >= 0.6 is 0 Å². The van der Waals surface area contributed by atoms with E-state index in [9.17, 15) is 21.6 Å². The van der Waals surface area contributed by atoms with Crippen LogP contribution in [0.1, 0.15) is 25.8 Å². The van der Waals surface area contributed by atoms with Gasteiger partial charge in [-0.1, -0.05) is 6.92 Å². The van der Waals surface area contributed by atoms with Gasteiger partial charge >= 0.3 is 6.18 Å². The maximum absolute atomic E-state index is 12.3. The van der Waals surface area contributed by atoms with Gasteiger partial charge in [0.05, 0.1) is 10.5 Å². The molecule has 0 radical (unpaired) electrons. The Kier molecular flexibility index (Phi) is 4.39. The van der Waals surface area contributed by atoms with Crippen LogP contribution in [0.15, 0.2) is 29.2 Å². The van der Waals surface area contributed by atoms with Gasteiger partial charge in [0, 0.05) is 6.04 Å². The summed E-state index contributed by atoms with van der Waals surface area (Å²) in [6, 6.07) is 3.15. The highest BCUT2D eigenvalue weighted by Gasteiger charge is 2.30. The molecule has 1 unspecified atom stereocenters. The van der Waals surface area contributed by atoms with Gasteiger partial charge in [0.25, 0.3) is 0 Å². The quantitative estimate of drug-likeness (QED) is 0.922. The fraction of sp³-hybridized carbons (Fsp3) is 0.455. The summed E-state index contributed by atoms with van der Waals surface area (Å²) in [4.78, 5) is -0.171. The molecule has 3 nitrogen and oxygen atoms in total. The Morgan fingerprint density at radius 2 is 1.72 bits per heavy atom. The number of hydrogen-bond acceptors (Lipinski definition) is 2. The van der Waals surface area contributed by atoms with E-state index in [0.717, 1.165) is 24.3 Å². The molecule has 1 atom stereocenters. The van der Waals surface area contributed by atoms with Crippen molar-refractivity contribution < 1.29 is 21.6 Å². The van der Waals surface area contributed by atoms with Crippen LogP contribution in [0.4, 0.5) is 13.2 Å². The van der Waals surface area contributed by atoms with Crippen LogP contribution in [0.3, 0.4) is 0 Å². The van der Waals surface area contributed by atoms with Crippen molar-refractivity contribution >= 4 is 10.0 Å². The second-order valence-electron chi connectivity index (χ2n) is 3.95. The highest BCUT2D eigenvalue weighted by molar-refractivity contribution is 7.89. The molecule has 102 valence electrons. The Labute approximate surface area is 104 Å². The number of nitrogens with one attached hydrogen (secondary N) is 1. The van der Waals surface area contributed by atoms with E-state index in [1.165, 1.54) is 0 Å². The molecule has 0 spiro atoms. The van der Waals surface area contributed by atoms with Gasteiger partial charge in [-0.15, -0.1) is 0 Å². The molecule has 7 heteroatoms. The van der Waals surface area contributed by atoms with Crippen LogP contribution in [0, 0.1) is 0 Å². The van der Waals surface area contributed by atoms with E-state index in [4.69, 9.17) is 0 Å². The standard InChI is InChI=1S/C11H14F3NO2S/c1-3-8(2)15-18(16,17)10-6-4-9(5-7-10)11(12,13)14/h4-8,15H,3H2,1-2H3. The molecule has 0 aliphatic heterocycles. The first-order chi connectivity index (χ1) is 8.16. The molecule has 0 aromatic heterocycles. The first-order valence-electron chi connectivity index (χ1n) is 5.36. The minimum absolute atomic E-state index is 0.171. The molecule has 1 rings (SSSR count). The number of rotatable bonds is 4. The molecule has 0 saturated heterocycles. The summed E-state index contributed by atoms with van der Waals surface area (Å²) in [6.45, 7) is 3.49. The van der Waals surface area contributed by atoms with Crippen molar-refractivity contribution in [2.45, 2.75) is 37.4 Å². The number of hydrogen-bond donors (Lipinski definition) is 1. The third kappa shape index (κ3) is 3.71. The predicted octanol–water partition coefficient (Wildman–Crippen LogP) is 2.78. The lowest BCUT2D eigenvalue weighted by Crippen LogP contribution is -2.32. The van der Waals surface area contributed by atoms with Crippen molar-refractivity contribution in [2.75, 3.05) is 0 Å². The zero-order valence-corrected chi connectivity index (χ0v) is 10.8. The Balaban J connectivity index is 2.98. The normalized spacial score (nSPS) is 14.5. The molecule has 0 fully saturated rings. The monoisotopic (exact) mass is 281 g/mol. The third-order valence-electron chi connectivity index (χ3n) is 2.46. The molecule has 0 aliphatic carbocycles. The van der Waals surface area contributed by atoms with Gasteiger partial charge in [-0.25, -0.2) is 13.1 Å². The van der Waals surface area contributed by atoms with Crippen LogP contribution < -0.4 is 4.72 Å². The van der Waals surface area contributed by atoms with Gasteiger partial charge < -0.3 is 0 Å². The lowest BCUT2D eigenvalue weighted by molar-refractivity contribution is -0.137. The average Bonchev–Trinajstić information content (AvgIpc) is 2.27. The summed E-state index contributed by atoms with van der Waals surface area (Å²) in [5, 5.41) is 0. The van der Waals surface area contributed by atoms with Crippen molar-refractivity contribution in [1.82, 2.24) is 4.72 Å². The Bertz CT molecular complexity index is 494. The topological polar surface area (TPSA) is 46.2 Å². The number of halogens is 3. The summed E-state index contributed by atoms with van der Waals surface area (Å²) in [5.41, 5.74) is -0.870. The van der Waals surface area contributed by atoms with Crippen LogP contribution in [-0.4, -0.2) is 14.5 Å². The number of alkyl halides is 3. The number of benzene rings is 1. The second-order valence-corrected chi connectivity index (χ2v) is 5.67. The third-order valence-corrected chi connectivity index (χ3v) is 4.07. The Morgan fingerprint density at radius 3 is 2.11 bits per heavy atom. The lowest BCUT2D eigenvalue weighted by Gasteiger charge is -2.13. The van der Waals surface area contributed by atoms with Gasteiger partial charge in [-0.2, -0.15) is 13.2 Å². The lowest BCUT2D eigenvalue weighted by atomic mass is 10.2. The molecule has 1 aromatic rings. The molecule has 18 heavy (non-hydrogen) atoms. The number of sulfonamides is 1.